The van der Waals surface area contributed by atoms with Gasteiger partial charge < -0.3 is 9.47 Å². The van der Waals surface area contributed by atoms with Gasteiger partial charge in [0.05, 0.1) is 14.2 Å². The Morgan fingerprint density at radius 3 is 2.35 bits per heavy atom. The topological polar surface area (TPSA) is 18.5 Å². The summed E-state index contributed by atoms with van der Waals surface area (Å²) in [6.45, 7) is 2.18. The number of halogens is 2. The van der Waals surface area contributed by atoms with Crippen LogP contribution in [0.15, 0.2) is 12.1 Å². The summed E-state index contributed by atoms with van der Waals surface area (Å²) in [7, 11) is 3.24. The van der Waals surface area contributed by atoms with Crippen LogP contribution in [0.1, 0.15) is 36.6 Å². The molecule has 0 aliphatic heterocycles. The van der Waals surface area contributed by atoms with Crippen LogP contribution in [0, 0.1) is 0 Å². The van der Waals surface area contributed by atoms with Crippen molar-refractivity contribution < 1.29 is 9.47 Å². The van der Waals surface area contributed by atoms with Gasteiger partial charge in [0.1, 0.15) is 0 Å². The smallest absolute Gasteiger partial charge is 0.162 e. The number of hydrogen-bond acceptors (Lipinski definition) is 2. The average molecular weight is 322 g/mol. The van der Waals surface area contributed by atoms with Crippen molar-refractivity contribution in [1.82, 2.24) is 0 Å². The maximum Gasteiger partial charge on any atom is 0.162 e. The molecule has 0 saturated heterocycles. The van der Waals surface area contributed by atoms with Crippen LogP contribution in [-0.2, 0) is 0 Å². The van der Waals surface area contributed by atoms with Crippen molar-refractivity contribution in [3.63, 3.8) is 0 Å². The molecule has 0 heterocycles. The zero-order valence-corrected chi connectivity index (χ0v) is 12.8. The first-order valence-electron chi connectivity index (χ1n) is 5.69. The second-order valence-electron chi connectivity index (χ2n) is 3.84. The third kappa shape index (κ3) is 3.78. The van der Waals surface area contributed by atoms with Crippen LogP contribution < -0.4 is 9.47 Å². The van der Waals surface area contributed by atoms with Crippen LogP contribution >= 0.6 is 27.5 Å². The molecule has 2 nitrogen and oxygen atoms in total. The van der Waals surface area contributed by atoms with Gasteiger partial charge in [0.2, 0.25) is 0 Å². The number of unbranched alkanes of at least 4 members (excludes halogenated alkanes) is 1. The highest BCUT2D eigenvalue weighted by atomic mass is 79.9. The van der Waals surface area contributed by atoms with E-state index in [-0.39, 0.29) is 4.83 Å². The van der Waals surface area contributed by atoms with Crippen molar-refractivity contribution in [2.75, 3.05) is 14.2 Å². The second kappa shape index (κ2) is 7.12. The molecular formula is C13H18BrClO2. The molecule has 0 amide bonds. The molecule has 0 N–H and O–H groups in total. The Bertz CT molecular complexity index is 369. The van der Waals surface area contributed by atoms with Gasteiger partial charge in [-0.05, 0) is 18.1 Å². The molecule has 0 bridgehead atoms. The summed E-state index contributed by atoms with van der Waals surface area (Å²) in [5, 5.41) is 0.709. The van der Waals surface area contributed by atoms with Crippen molar-refractivity contribution in [2.45, 2.75) is 31.0 Å². The average Bonchev–Trinajstić information content (AvgIpc) is 2.35. The Morgan fingerprint density at radius 1 is 1.24 bits per heavy atom. The Morgan fingerprint density at radius 2 is 1.82 bits per heavy atom. The summed E-state index contributed by atoms with van der Waals surface area (Å²) < 4.78 is 10.5. The van der Waals surface area contributed by atoms with E-state index in [2.05, 4.69) is 22.9 Å². The lowest BCUT2D eigenvalue weighted by atomic mass is 10.1. The molecule has 4 heteroatoms. The van der Waals surface area contributed by atoms with Gasteiger partial charge in [0, 0.05) is 15.9 Å². The van der Waals surface area contributed by atoms with E-state index in [1.54, 1.807) is 20.3 Å². The van der Waals surface area contributed by atoms with Gasteiger partial charge in [-0.2, -0.15) is 0 Å². The Hall–Kier alpha value is -0.410. The highest BCUT2D eigenvalue weighted by Gasteiger charge is 2.15. The van der Waals surface area contributed by atoms with Gasteiger partial charge in [-0.1, -0.05) is 47.3 Å². The number of benzene rings is 1. The summed E-state index contributed by atoms with van der Waals surface area (Å²) >= 11 is 9.91. The summed E-state index contributed by atoms with van der Waals surface area (Å²) in [6.07, 6.45) is 3.40. The Balaban J connectivity index is 2.99. The van der Waals surface area contributed by atoms with E-state index < -0.39 is 0 Å². The van der Waals surface area contributed by atoms with Crippen LogP contribution in [0.25, 0.3) is 0 Å². The molecule has 0 aromatic heterocycles. The lowest BCUT2D eigenvalue weighted by Gasteiger charge is -2.15. The highest BCUT2D eigenvalue weighted by Crippen LogP contribution is 2.40. The predicted molar refractivity (Wildman–Crippen MR) is 75.7 cm³/mol. The van der Waals surface area contributed by atoms with Crippen molar-refractivity contribution >= 4 is 27.5 Å². The number of hydrogen-bond donors (Lipinski definition) is 0. The van der Waals surface area contributed by atoms with E-state index in [4.69, 9.17) is 21.1 Å². The van der Waals surface area contributed by atoms with Crippen LogP contribution in [-0.4, -0.2) is 14.2 Å². The first kappa shape index (κ1) is 14.7. The number of ether oxygens (including phenoxy) is 2. The minimum atomic E-state index is 0.259. The zero-order valence-electron chi connectivity index (χ0n) is 10.4. The predicted octanol–water partition coefficient (Wildman–Crippen LogP) is 4.98. The summed E-state index contributed by atoms with van der Waals surface area (Å²) in [6, 6.07) is 3.74. The Kier molecular flexibility index (Phi) is 6.14. The van der Waals surface area contributed by atoms with Crippen molar-refractivity contribution in [3.8, 4) is 11.5 Å². The van der Waals surface area contributed by atoms with E-state index in [9.17, 15) is 0 Å². The van der Waals surface area contributed by atoms with Crippen LogP contribution in [0.4, 0.5) is 0 Å². The number of rotatable bonds is 6. The van der Waals surface area contributed by atoms with E-state index in [1.165, 1.54) is 12.8 Å². The summed E-state index contributed by atoms with van der Waals surface area (Å²) in [5.74, 6) is 1.38. The van der Waals surface area contributed by atoms with Gasteiger partial charge in [-0.3, -0.25) is 0 Å². The maximum absolute atomic E-state index is 6.25. The molecule has 1 rings (SSSR count). The third-order valence-electron chi connectivity index (χ3n) is 2.65. The van der Waals surface area contributed by atoms with Gasteiger partial charge in [0.25, 0.3) is 0 Å². The molecule has 17 heavy (non-hydrogen) atoms. The zero-order chi connectivity index (χ0) is 12.8. The fraction of sp³-hybridized carbons (Fsp3) is 0.538. The minimum absolute atomic E-state index is 0.259. The van der Waals surface area contributed by atoms with E-state index in [0.29, 0.717) is 16.5 Å². The molecular weight excluding hydrogens is 303 g/mol. The van der Waals surface area contributed by atoms with Crippen molar-refractivity contribution in [1.29, 1.82) is 0 Å². The monoisotopic (exact) mass is 320 g/mol. The van der Waals surface area contributed by atoms with E-state index in [0.717, 1.165) is 12.0 Å². The molecule has 0 radical (unpaired) electrons. The number of methoxy groups -OCH3 is 2. The lowest BCUT2D eigenvalue weighted by molar-refractivity contribution is 0.354. The molecule has 1 aromatic rings. The molecule has 1 aromatic carbocycles. The van der Waals surface area contributed by atoms with E-state index in [1.807, 2.05) is 6.07 Å². The quantitative estimate of drug-likeness (QED) is 0.688. The first-order valence-corrected chi connectivity index (χ1v) is 6.98. The van der Waals surface area contributed by atoms with Gasteiger partial charge in [-0.25, -0.2) is 0 Å². The summed E-state index contributed by atoms with van der Waals surface area (Å²) in [5.41, 5.74) is 1.05. The molecule has 0 fully saturated rings. The maximum atomic E-state index is 6.25. The van der Waals surface area contributed by atoms with Crippen LogP contribution in [0.2, 0.25) is 5.02 Å². The normalized spacial score (nSPS) is 12.3. The van der Waals surface area contributed by atoms with Crippen LogP contribution in [0.5, 0.6) is 11.5 Å². The SMILES string of the molecule is CCCCC(Br)c1cc(OC)c(OC)cc1Cl. The number of alkyl halides is 1. The standard InChI is InChI=1S/C13H18BrClO2/c1-4-5-6-10(14)9-7-12(16-2)13(17-3)8-11(9)15/h7-8,10H,4-6H2,1-3H3. The van der Waals surface area contributed by atoms with Crippen LogP contribution in [0.3, 0.4) is 0 Å². The van der Waals surface area contributed by atoms with Gasteiger partial charge >= 0.3 is 0 Å². The molecule has 0 aliphatic carbocycles. The third-order valence-corrected chi connectivity index (χ3v) is 3.93. The molecule has 1 atom stereocenters. The van der Waals surface area contributed by atoms with Gasteiger partial charge in [0.15, 0.2) is 11.5 Å². The van der Waals surface area contributed by atoms with Crippen molar-refractivity contribution in [2.24, 2.45) is 0 Å². The lowest BCUT2D eigenvalue weighted by Crippen LogP contribution is -1.96. The van der Waals surface area contributed by atoms with Crippen molar-refractivity contribution in [3.05, 3.63) is 22.7 Å². The first-order chi connectivity index (χ1) is 8.13. The Labute approximate surface area is 116 Å². The summed E-state index contributed by atoms with van der Waals surface area (Å²) in [4.78, 5) is 0.259. The minimum Gasteiger partial charge on any atom is -0.493 e. The molecule has 0 aliphatic rings. The molecule has 0 saturated carbocycles. The fourth-order valence-electron chi connectivity index (χ4n) is 1.65. The molecule has 96 valence electrons. The fourth-order valence-corrected chi connectivity index (χ4v) is 2.77. The molecule has 1 unspecified atom stereocenters. The van der Waals surface area contributed by atoms with Gasteiger partial charge in [-0.15, -0.1) is 0 Å². The molecule has 0 spiro atoms. The largest absolute Gasteiger partial charge is 0.493 e. The second-order valence-corrected chi connectivity index (χ2v) is 5.35. The van der Waals surface area contributed by atoms with E-state index >= 15 is 0 Å². The highest BCUT2D eigenvalue weighted by molar-refractivity contribution is 9.09.